The molecule has 2 aromatic rings. The van der Waals surface area contributed by atoms with Crippen LogP contribution in [0, 0.1) is 0 Å². The Morgan fingerprint density at radius 2 is 2.12 bits per heavy atom. The number of carbonyl (C=O) groups excluding carboxylic acids is 2. The monoisotopic (exact) mass is 550 g/mol. The van der Waals surface area contributed by atoms with Gasteiger partial charge in [-0.2, -0.15) is 0 Å². The van der Waals surface area contributed by atoms with Gasteiger partial charge in [0, 0.05) is 17.6 Å². The molecule has 6 unspecified atom stereocenters. The summed E-state index contributed by atoms with van der Waals surface area (Å²) in [7, 11) is 1.08. The number of halogens is 2. The highest BCUT2D eigenvalue weighted by molar-refractivity contribution is 9.10. The summed E-state index contributed by atoms with van der Waals surface area (Å²) in [5.74, 6) is -3.80. The average molecular weight is 552 g/mol. The first kappa shape index (κ1) is 25.7. The number of fused-ring (bicyclic) bond motifs is 1. The predicted octanol–water partition coefficient (Wildman–Crippen LogP) is 0.200. The minimum Gasteiger partial charge on any atom is -0.464 e. The SMILES string of the molecule is COC(=O)C1(Oc2c[nH]c3ccc(Br)c(Cl)c23)CC(O)C(NC(C)=O)C(C(O)C(O)CO)O1. The van der Waals surface area contributed by atoms with Gasteiger partial charge < -0.3 is 44.9 Å². The van der Waals surface area contributed by atoms with E-state index in [4.69, 9.17) is 25.8 Å². The third-order valence-electron chi connectivity index (χ3n) is 5.33. The van der Waals surface area contributed by atoms with Gasteiger partial charge in [-0.05, 0) is 28.1 Å². The summed E-state index contributed by atoms with van der Waals surface area (Å²) in [4.78, 5) is 27.5. The topological polar surface area (TPSA) is 171 Å². The van der Waals surface area contributed by atoms with Crippen molar-refractivity contribution in [3.63, 3.8) is 0 Å². The van der Waals surface area contributed by atoms with Crippen molar-refractivity contribution < 1.29 is 44.2 Å². The van der Waals surface area contributed by atoms with E-state index in [-0.39, 0.29) is 10.8 Å². The molecule has 1 aliphatic heterocycles. The first-order chi connectivity index (χ1) is 15.5. The van der Waals surface area contributed by atoms with E-state index >= 15 is 0 Å². The van der Waals surface area contributed by atoms with E-state index < -0.39 is 61.1 Å². The molecule has 6 N–H and O–H groups in total. The lowest BCUT2D eigenvalue weighted by molar-refractivity contribution is -0.285. The molecule has 1 aromatic heterocycles. The van der Waals surface area contributed by atoms with Crippen molar-refractivity contribution in [3.8, 4) is 5.75 Å². The Kier molecular flexibility index (Phi) is 7.89. The first-order valence-corrected chi connectivity index (χ1v) is 11.0. The maximum atomic E-state index is 12.9. The van der Waals surface area contributed by atoms with Gasteiger partial charge in [-0.1, -0.05) is 11.6 Å². The number of aromatic nitrogens is 1. The summed E-state index contributed by atoms with van der Waals surface area (Å²) in [5, 5.41) is 43.8. The fourth-order valence-electron chi connectivity index (χ4n) is 3.76. The second-order valence-electron chi connectivity index (χ2n) is 7.60. The van der Waals surface area contributed by atoms with Gasteiger partial charge in [-0.3, -0.25) is 4.79 Å². The summed E-state index contributed by atoms with van der Waals surface area (Å²) >= 11 is 9.72. The molecular formula is C20H24BrClN2O9. The molecule has 6 atom stereocenters. The van der Waals surface area contributed by atoms with Crippen molar-refractivity contribution in [2.75, 3.05) is 13.7 Å². The smallest absolute Gasteiger partial charge is 0.379 e. The Bertz CT molecular complexity index is 1030. The minimum absolute atomic E-state index is 0.0859. The number of ether oxygens (including phenoxy) is 3. The normalized spacial score (nSPS) is 27.1. The Hall–Kier alpha value is -1.93. The lowest BCUT2D eigenvalue weighted by atomic mass is 9.88. The molecule has 182 valence electrons. The van der Waals surface area contributed by atoms with Crippen LogP contribution >= 0.6 is 27.5 Å². The van der Waals surface area contributed by atoms with Crippen molar-refractivity contribution in [1.82, 2.24) is 10.3 Å². The number of hydrogen-bond donors (Lipinski definition) is 6. The Morgan fingerprint density at radius 1 is 1.42 bits per heavy atom. The molecule has 0 aliphatic carbocycles. The van der Waals surface area contributed by atoms with Gasteiger partial charge in [0.25, 0.3) is 0 Å². The number of benzene rings is 1. The molecular weight excluding hydrogens is 528 g/mol. The van der Waals surface area contributed by atoms with Crippen molar-refractivity contribution in [2.24, 2.45) is 0 Å². The van der Waals surface area contributed by atoms with Crippen molar-refractivity contribution in [1.29, 1.82) is 0 Å². The van der Waals surface area contributed by atoms with E-state index in [9.17, 15) is 30.0 Å². The molecule has 1 amide bonds. The molecule has 13 heteroatoms. The molecule has 3 rings (SSSR count). The van der Waals surface area contributed by atoms with E-state index in [1.54, 1.807) is 12.1 Å². The van der Waals surface area contributed by atoms with Gasteiger partial charge in [-0.15, -0.1) is 0 Å². The largest absolute Gasteiger partial charge is 0.464 e. The number of aliphatic hydroxyl groups excluding tert-OH is 4. The summed E-state index contributed by atoms with van der Waals surface area (Å²) in [6, 6.07) is 2.19. The van der Waals surface area contributed by atoms with E-state index in [0.29, 0.717) is 15.4 Å². The van der Waals surface area contributed by atoms with Crippen LogP contribution in [0.4, 0.5) is 0 Å². The maximum Gasteiger partial charge on any atom is 0.379 e. The van der Waals surface area contributed by atoms with Crippen LogP contribution in [-0.4, -0.2) is 87.2 Å². The fourth-order valence-corrected chi connectivity index (χ4v) is 4.35. The van der Waals surface area contributed by atoms with Crippen LogP contribution in [0.2, 0.25) is 5.02 Å². The van der Waals surface area contributed by atoms with Crippen LogP contribution < -0.4 is 10.1 Å². The van der Waals surface area contributed by atoms with Crippen LogP contribution in [0.5, 0.6) is 5.75 Å². The zero-order chi connectivity index (χ0) is 24.5. The number of aliphatic hydroxyl groups is 4. The molecule has 33 heavy (non-hydrogen) atoms. The fraction of sp³-hybridized carbons (Fsp3) is 0.500. The number of nitrogens with one attached hydrogen (secondary N) is 2. The number of methoxy groups -OCH3 is 1. The Morgan fingerprint density at radius 3 is 2.73 bits per heavy atom. The van der Waals surface area contributed by atoms with Crippen LogP contribution in [-0.2, 0) is 19.1 Å². The third-order valence-corrected chi connectivity index (χ3v) is 6.61. The zero-order valence-electron chi connectivity index (χ0n) is 17.6. The first-order valence-electron chi connectivity index (χ1n) is 9.87. The van der Waals surface area contributed by atoms with E-state index in [0.717, 1.165) is 7.11 Å². The number of amides is 1. The quantitative estimate of drug-likeness (QED) is 0.263. The molecule has 1 fully saturated rings. The summed E-state index contributed by atoms with van der Waals surface area (Å²) < 4.78 is 17.2. The lowest BCUT2D eigenvalue weighted by Crippen LogP contribution is -2.68. The second-order valence-corrected chi connectivity index (χ2v) is 8.84. The number of hydrogen-bond acceptors (Lipinski definition) is 9. The number of H-pyrrole nitrogens is 1. The highest BCUT2D eigenvalue weighted by atomic mass is 79.9. The molecule has 0 radical (unpaired) electrons. The number of carbonyl (C=O) groups is 2. The maximum absolute atomic E-state index is 12.9. The third kappa shape index (κ3) is 4.97. The van der Waals surface area contributed by atoms with E-state index in [2.05, 4.69) is 26.2 Å². The Labute approximate surface area is 201 Å². The van der Waals surface area contributed by atoms with Crippen molar-refractivity contribution in [3.05, 3.63) is 27.8 Å². The van der Waals surface area contributed by atoms with Crippen LogP contribution in [0.15, 0.2) is 22.8 Å². The standard InChI is InChI=1S/C20H24BrClN2O9/c1-8(26)24-16-11(27)5-20(19(30)31-2,33-18(16)17(29)12(28)7-25)32-13-6-23-10-4-3-9(21)15(22)14(10)13/h3-4,6,11-12,16-18,23,25,27-29H,5,7H2,1-2H3,(H,24,26). The van der Waals surface area contributed by atoms with Gasteiger partial charge in [-0.25, -0.2) is 4.79 Å². The zero-order valence-corrected chi connectivity index (χ0v) is 20.0. The van der Waals surface area contributed by atoms with E-state index in [1.807, 2.05) is 0 Å². The van der Waals surface area contributed by atoms with E-state index in [1.165, 1.54) is 13.1 Å². The van der Waals surface area contributed by atoms with Gasteiger partial charge in [0.05, 0.1) is 48.2 Å². The number of aromatic amines is 1. The summed E-state index contributed by atoms with van der Waals surface area (Å²) in [5.41, 5.74) is 0.581. The highest BCUT2D eigenvalue weighted by Gasteiger charge is 2.57. The van der Waals surface area contributed by atoms with Crippen molar-refractivity contribution >= 4 is 50.3 Å². The molecule has 0 bridgehead atoms. The second kappa shape index (κ2) is 10.1. The summed E-state index contributed by atoms with van der Waals surface area (Å²) in [6.45, 7) is 0.338. The average Bonchev–Trinajstić information content (AvgIpc) is 3.19. The molecule has 11 nitrogen and oxygen atoms in total. The van der Waals surface area contributed by atoms with Crippen LogP contribution in [0.1, 0.15) is 13.3 Å². The Balaban J connectivity index is 2.08. The van der Waals surface area contributed by atoms with Gasteiger partial charge in [0.15, 0.2) is 5.75 Å². The lowest BCUT2D eigenvalue weighted by Gasteiger charge is -2.46. The highest BCUT2D eigenvalue weighted by Crippen LogP contribution is 2.41. The number of rotatable bonds is 7. The van der Waals surface area contributed by atoms with Gasteiger partial charge in [0.2, 0.25) is 5.91 Å². The van der Waals surface area contributed by atoms with Crippen molar-refractivity contribution in [2.45, 2.75) is 49.6 Å². The van der Waals surface area contributed by atoms with Crippen LogP contribution in [0.25, 0.3) is 10.9 Å². The molecule has 1 aliphatic rings. The van der Waals surface area contributed by atoms with Crippen LogP contribution in [0.3, 0.4) is 0 Å². The molecule has 2 heterocycles. The summed E-state index contributed by atoms with van der Waals surface area (Å²) in [6.07, 6.45) is -5.62. The number of esters is 1. The van der Waals surface area contributed by atoms with Gasteiger partial charge >= 0.3 is 11.8 Å². The van der Waals surface area contributed by atoms with Gasteiger partial charge in [0.1, 0.15) is 18.3 Å². The molecule has 1 aromatic carbocycles. The molecule has 0 saturated carbocycles. The minimum atomic E-state index is -2.29. The molecule has 1 saturated heterocycles. The molecule has 0 spiro atoms. The predicted molar refractivity (Wildman–Crippen MR) is 119 cm³/mol.